The Morgan fingerprint density at radius 3 is 2.40 bits per heavy atom. The fraction of sp³-hybridized carbons (Fsp3) is 0.263. The van der Waals surface area contributed by atoms with Gasteiger partial charge in [0.2, 0.25) is 11.8 Å². The Morgan fingerprint density at radius 1 is 1.04 bits per heavy atom. The van der Waals surface area contributed by atoms with Crippen molar-refractivity contribution in [2.75, 3.05) is 11.9 Å². The minimum absolute atomic E-state index is 0. The van der Waals surface area contributed by atoms with Crippen LogP contribution in [0.5, 0.6) is 0 Å². The Balaban J connectivity index is 0.00000312. The van der Waals surface area contributed by atoms with Gasteiger partial charge in [-0.1, -0.05) is 49.4 Å². The second kappa shape index (κ2) is 10.5. The first-order valence-corrected chi connectivity index (χ1v) is 8.04. The monoisotopic (exact) mass is 361 g/mol. The van der Waals surface area contributed by atoms with Gasteiger partial charge < -0.3 is 16.4 Å². The molecule has 5 nitrogen and oxygen atoms in total. The van der Waals surface area contributed by atoms with E-state index in [2.05, 4.69) is 17.6 Å². The van der Waals surface area contributed by atoms with E-state index in [1.807, 2.05) is 54.6 Å². The normalized spacial score (nSPS) is 11.1. The van der Waals surface area contributed by atoms with Gasteiger partial charge in [0.05, 0.1) is 12.6 Å². The summed E-state index contributed by atoms with van der Waals surface area (Å²) in [5.41, 5.74) is 8.73. The summed E-state index contributed by atoms with van der Waals surface area (Å²) in [6, 6.07) is 16.5. The quantitative estimate of drug-likeness (QED) is 0.707. The molecule has 25 heavy (non-hydrogen) atoms. The van der Waals surface area contributed by atoms with Crippen molar-refractivity contribution in [1.82, 2.24) is 5.32 Å². The lowest BCUT2D eigenvalue weighted by molar-refractivity contribution is -0.125. The second-order valence-corrected chi connectivity index (χ2v) is 5.62. The molecule has 0 bridgehead atoms. The number of carbonyl (C=O) groups is 2. The Hall–Kier alpha value is -2.37. The first-order chi connectivity index (χ1) is 11.6. The van der Waals surface area contributed by atoms with Crippen LogP contribution in [-0.4, -0.2) is 24.4 Å². The highest BCUT2D eigenvalue weighted by Crippen LogP contribution is 2.10. The zero-order chi connectivity index (χ0) is 17.4. The Morgan fingerprint density at radius 2 is 1.72 bits per heavy atom. The van der Waals surface area contributed by atoms with E-state index < -0.39 is 6.04 Å². The van der Waals surface area contributed by atoms with Crippen LogP contribution in [0, 0.1) is 0 Å². The van der Waals surface area contributed by atoms with Crippen molar-refractivity contribution in [2.45, 2.75) is 25.8 Å². The highest BCUT2D eigenvalue weighted by Gasteiger charge is 2.15. The highest BCUT2D eigenvalue weighted by molar-refractivity contribution is 5.95. The van der Waals surface area contributed by atoms with Crippen molar-refractivity contribution < 1.29 is 9.59 Å². The summed E-state index contributed by atoms with van der Waals surface area (Å²) in [6.45, 7) is 1.95. The van der Waals surface area contributed by atoms with E-state index in [9.17, 15) is 9.59 Å². The molecule has 0 saturated heterocycles. The molecular weight excluding hydrogens is 338 g/mol. The van der Waals surface area contributed by atoms with E-state index >= 15 is 0 Å². The molecule has 0 aliphatic heterocycles. The summed E-state index contributed by atoms with van der Waals surface area (Å²) in [7, 11) is 0. The number of halogens is 1. The molecule has 0 fully saturated rings. The van der Waals surface area contributed by atoms with Gasteiger partial charge in [-0.15, -0.1) is 12.4 Å². The van der Waals surface area contributed by atoms with E-state index in [1.165, 1.54) is 0 Å². The maximum Gasteiger partial charge on any atom is 0.243 e. The summed E-state index contributed by atoms with van der Waals surface area (Å²) < 4.78 is 0. The van der Waals surface area contributed by atoms with Gasteiger partial charge in [-0.2, -0.15) is 0 Å². The number of benzene rings is 2. The van der Waals surface area contributed by atoms with E-state index in [0.717, 1.165) is 23.2 Å². The molecule has 0 radical (unpaired) electrons. The minimum atomic E-state index is -0.677. The molecule has 0 unspecified atom stereocenters. The van der Waals surface area contributed by atoms with Crippen LogP contribution in [0.3, 0.4) is 0 Å². The van der Waals surface area contributed by atoms with E-state index in [1.54, 1.807) is 0 Å². The zero-order valence-electron chi connectivity index (χ0n) is 14.2. The van der Waals surface area contributed by atoms with Crippen LogP contribution in [0.15, 0.2) is 54.6 Å². The van der Waals surface area contributed by atoms with Crippen molar-refractivity contribution in [1.29, 1.82) is 0 Å². The van der Waals surface area contributed by atoms with Crippen LogP contribution >= 0.6 is 12.4 Å². The number of nitrogens with two attached hydrogens (primary N) is 1. The standard InChI is InChI=1S/C19H23N3O2.ClH/c1-2-14-9-6-10-16(11-14)22-18(23)13-21-19(24)17(20)12-15-7-4-3-5-8-15;/h3-11,17H,2,12-13,20H2,1H3,(H,21,24)(H,22,23);1H/t17-;/m0./s1. The molecule has 0 aliphatic rings. The molecule has 1 atom stereocenters. The van der Waals surface area contributed by atoms with Gasteiger partial charge in [-0.05, 0) is 36.1 Å². The Bertz CT molecular complexity index is 692. The largest absolute Gasteiger partial charge is 0.346 e. The fourth-order valence-corrected chi connectivity index (χ4v) is 2.33. The van der Waals surface area contributed by atoms with Crippen molar-refractivity contribution in [3.05, 3.63) is 65.7 Å². The number of hydrogen-bond donors (Lipinski definition) is 3. The van der Waals surface area contributed by atoms with Crippen LogP contribution in [0.2, 0.25) is 0 Å². The van der Waals surface area contributed by atoms with Crippen LogP contribution in [-0.2, 0) is 22.4 Å². The van der Waals surface area contributed by atoms with Gasteiger partial charge in [0.15, 0.2) is 0 Å². The highest BCUT2D eigenvalue weighted by atomic mass is 35.5. The molecule has 4 N–H and O–H groups in total. The molecule has 2 rings (SSSR count). The van der Waals surface area contributed by atoms with Crippen molar-refractivity contribution in [3.8, 4) is 0 Å². The summed E-state index contributed by atoms with van der Waals surface area (Å²) in [4.78, 5) is 23.9. The summed E-state index contributed by atoms with van der Waals surface area (Å²) in [5.74, 6) is -0.611. The molecule has 134 valence electrons. The molecular formula is C19H24ClN3O2. The number of aryl methyl sites for hydroxylation is 1. The zero-order valence-corrected chi connectivity index (χ0v) is 15.0. The van der Waals surface area contributed by atoms with Gasteiger partial charge in [0, 0.05) is 5.69 Å². The van der Waals surface area contributed by atoms with Crippen molar-refractivity contribution in [3.63, 3.8) is 0 Å². The third-order valence-corrected chi connectivity index (χ3v) is 3.68. The molecule has 0 aromatic heterocycles. The fourth-order valence-electron chi connectivity index (χ4n) is 2.33. The molecule has 0 saturated carbocycles. The number of carbonyl (C=O) groups excluding carboxylic acids is 2. The van der Waals surface area contributed by atoms with Gasteiger partial charge in [0.1, 0.15) is 0 Å². The van der Waals surface area contributed by atoms with E-state index in [-0.39, 0.29) is 30.8 Å². The molecule has 2 amide bonds. The molecule has 2 aromatic carbocycles. The Labute approximate surface area is 154 Å². The molecule has 0 spiro atoms. The van der Waals surface area contributed by atoms with E-state index in [4.69, 9.17) is 5.73 Å². The van der Waals surface area contributed by atoms with Crippen LogP contribution in [0.1, 0.15) is 18.1 Å². The summed E-state index contributed by atoms with van der Waals surface area (Å²) in [6.07, 6.45) is 1.33. The number of anilines is 1. The lowest BCUT2D eigenvalue weighted by Gasteiger charge is -2.12. The van der Waals surface area contributed by atoms with E-state index in [0.29, 0.717) is 6.42 Å². The van der Waals surface area contributed by atoms with Gasteiger partial charge in [0.25, 0.3) is 0 Å². The lowest BCUT2D eigenvalue weighted by Crippen LogP contribution is -2.44. The first-order valence-electron chi connectivity index (χ1n) is 8.04. The average Bonchev–Trinajstić information content (AvgIpc) is 2.60. The third-order valence-electron chi connectivity index (χ3n) is 3.68. The van der Waals surface area contributed by atoms with Gasteiger partial charge in [-0.25, -0.2) is 0 Å². The number of nitrogens with one attached hydrogen (secondary N) is 2. The summed E-state index contributed by atoms with van der Waals surface area (Å²) >= 11 is 0. The molecule has 0 heterocycles. The van der Waals surface area contributed by atoms with Crippen molar-refractivity contribution in [2.24, 2.45) is 5.73 Å². The Kier molecular flexibility index (Phi) is 8.67. The first kappa shape index (κ1) is 20.7. The average molecular weight is 362 g/mol. The SMILES string of the molecule is CCc1cccc(NC(=O)CNC(=O)[C@@H](N)Cc2ccccc2)c1.Cl. The minimum Gasteiger partial charge on any atom is -0.346 e. The summed E-state index contributed by atoms with van der Waals surface area (Å²) in [5, 5.41) is 5.34. The van der Waals surface area contributed by atoms with Crippen LogP contribution in [0.4, 0.5) is 5.69 Å². The predicted octanol–water partition coefficient (Wildman–Crippen LogP) is 2.30. The molecule has 0 aliphatic carbocycles. The number of hydrogen-bond acceptors (Lipinski definition) is 3. The van der Waals surface area contributed by atoms with Crippen LogP contribution in [0.25, 0.3) is 0 Å². The topological polar surface area (TPSA) is 84.2 Å². The van der Waals surface area contributed by atoms with Gasteiger partial charge in [-0.3, -0.25) is 9.59 Å². The predicted molar refractivity (Wildman–Crippen MR) is 103 cm³/mol. The molecule has 2 aromatic rings. The lowest BCUT2D eigenvalue weighted by atomic mass is 10.1. The van der Waals surface area contributed by atoms with Crippen LogP contribution < -0.4 is 16.4 Å². The van der Waals surface area contributed by atoms with Crippen molar-refractivity contribution >= 4 is 29.9 Å². The molecule has 6 heteroatoms. The number of rotatable bonds is 7. The number of amides is 2. The second-order valence-electron chi connectivity index (χ2n) is 5.62. The smallest absolute Gasteiger partial charge is 0.243 e. The maximum atomic E-state index is 12.0. The third kappa shape index (κ3) is 6.95. The maximum absolute atomic E-state index is 12.0. The van der Waals surface area contributed by atoms with Gasteiger partial charge >= 0.3 is 0 Å².